The molecule has 2 aromatic rings. The molecular formula is C13H12N4O5. The van der Waals surface area contributed by atoms with E-state index in [1.807, 2.05) is 0 Å². The number of rotatable bonds is 3. The molecule has 0 atom stereocenters. The average molecular weight is 304 g/mol. The molecule has 114 valence electrons. The molecule has 2 rings (SSSR count). The van der Waals surface area contributed by atoms with Gasteiger partial charge < -0.3 is 5.11 Å². The summed E-state index contributed by atoms with van der Waals surface area (Å²) in [6.07, 6.45) is 1.07. The Balaban J connectivity index is 2.52. The highest BCUT2D eigenvalue weighted by atomic mass is 16.6. The third-order valence-corrected chi connectivity index (χ3v) is 3.05. The molecule has 1 N–H and O–H groups in total. The van der Waals surface area contributed by atoms with Crippen molar-refractivity contribution in [1.29, 1.82) is 0 Å². The van der Waals surface area contributed by atoms with Crippen LogP contribution in [0.2, 0.25) is 0 Å². The molecule has 9 nitrogen and oxygen atoms in total. The maximum Gasteiger partial charge on any atom is 0.333 e. The number of benzene rings is 1. The first-order valence-corrected chi connectivity index (χ1v) is 6.10. The summed E-state index contributed by atoms with van der Waals surface area (Å²) in [6, 6.07) is 5.48. The number of nitro benzene ring substituents is 1. The fraction of sp³-hybridized carbons (Fsp3) is 0.154. The highest BCUT2D eigenvalue weighted by Gasteiger charge is 2.13. The van der Waals surface area contributed by atoms with Crippen LogP contribution in [0.15, 0.2) is 38.8 Å². The van der Waals surface area contributed by atoms with Crippen molar-refractivity contribution in [2.24, 2.45) is 19.1 Å². The van der Waals surface area contributed by atoms with E-state index in [0.717, 1.165) is 15.3 Å². The Morgan fingerprint density at radius 2 is 1.95 bits per heavy atom. The third-order valence-electron chi connectivity index (χ3n) is 3.05. The number of nitrogens with zero attached hydrogens (tertiary/aromatic N) is 4. The van der Waals surface area contributed by atoms with Gasteiger partial charge in [-0.3, -0.25) is 29.0 Å². The molecule has 0 unspecified atom stereocenters. The number of hydrogen-bond acceptors (Lipinski definition) is 6. The Bertz CT molecular complexity index is 894. The summed E-state index contributed by atoms with van der Waals surface area (Å²) in [5, 5.41) is 20.5. The largest absolute Gasteiger partial charge is 0.494 e. The Morgan fingerprint density at radius 1 is 1.27 bits per heavy atom. The Kier molecular flexibility index (Phi) is 3.89. The molecule has 0 aliphatic rings. The topological polar surface area (TPSA) is 120 Å². The van der Waals surface area contributed by atoms with E-state index in [1.54, 1.807) is 0 Å². The smallest absolute Gasteiger partial charge is 0.333 e. The van der Waals surface area contributed by atoms with Crippen molar-refractivity contribution in [2.75, 3.05) is 0 Å². The fourth-order valence-corrected chi connectivity index (χ4v) is 1.80. The summed E-state index contributed by atoms with van der Waals surface area (Å²) in [5.41, 5.74) is -1.47. The summed E-state index contributed by atoms with van der Waals surface area (Å²) in [4.78, 5) is 37.6. The summed E-state index contributed by atoms with van der Waals surface area (Å²) in [6.45, 7) is 0. The van der Waals surface area contributed by atoms with Crippen LogP contribution in [-0.4, -0.2) is 25.4 Å². The molecule has 22 heavy (non-hydrogen) atoms. The van der Waals surface area contributed by atoms with Crippen LogP contribution in [0.25, 0.3) is 0 Å². The summed E-state index contributed by atoms with van der Waals surface area (Å²) < 4.78 is 1.73. The van der Waals surface area contributed by atoms with Crippen molar-refractivity contribution in [1.82, 2.24) is 9.13 Å². The van der Waals surface area contributed by atoms with Gasteiger partial charge in [-0.05, 0) is 6.07 Å². The number of hydrogen-bond donors (Lipinski definition) is 1. The second kappa shape index (κ2) is 5.64. The molecule has 0 aliphatic heterocycles. The standard InChI is InChI=1S/C13H12N4O5/c1-15-11(18)10(12(19)16(2)13(15)20)7-14-8-4-3-5-9(6-8)17(21)22/h3-7,18H,1-2H3. The maximum absolute atomic E-state index is 11.9. The quantitative estimate of drug-likeness (QED) is 0.501. The SMILES string of the molecule is Cn1c(O)c(C=Nc2cccc([N+](=O)[O-])c2)c(=O)n(C)c1=O. The van der Waals surface area contributed by atoms with E-state index >= 15 is 0 Å². The van der Waals surface area contributed by atoms with Crippen molar-refractivity contribution >= 4 is 17.6 Å². The van der Waals surface area contributed by atoms with Crippen LogP contribution in [0.4, 0.5) is 11.4 Å². The van der Waals surface area contributed by atoms with Crippen LogP contribution in [0.1, 0.15) is 5.56 Å². The van der Waals surface area contributed by atoms with E-state index < -0.39 is 22.1 Å². The molecule has 0 saturated heterocycles. The van der Waals surface area contributed by atoms with Crippen molar-refractivity contribution in [2.45, 2.75) is 0 Å². The lowest BCUT2D eigenvalue weighted by Gasteiger charge is -2.06. The minimum Gasteiger partial charge on any atom is -0.494 e. The zero-order valence-electron chi connectivity index (χ0n) is 11.8. The van der Waals surface area contributed by atoms with E-state index in [9.17, 15) is 24.8 Å². The molecule has 1 aromatic carbocycles. The van der Waals surface area contributed by atoms with Crippen molar-refractivity contribution < 1.29 is 10.0 Å². The molecule has 0 aliphatic carbocycles. The Labute approximate surface area is 123 Å². The molecule has 0 fully saturated rings. The summed E-state index contributed by atoms with van der Waals surface area (Å²) in [7, 11) is 2.58. The van der Waals surface area contributed by atoms with Gasteiger partial charge >= 0.3 is 5.69 Å². The monoisotopic (exact) mass is 304 g/mol. The van der Waals surface area contributed by atoms with Gasteiger partial charge in [0.2, 0.25) is 5.88 Å². The zero-order valence-corrected chi connectivity index (χ0v) is 11.8. The first-order valence-electron chi connectivity index (χ1n) is 6.10. The van der Waals surface area contributed by atoms with E-state index in [-0.39, 0.29) is 16.9 Å². The molecule has 0 bridgehead atoms. The predicted molar refractivity (Wildman–Crippen MR) is 78.9 cm³/mol. The van der Waals surface area contributed by atoms with Crippen LogP contribution < -0.4 is 11.2 Å². The van der Waals surface area contributed by atoms with E-state index in [1.165, 1.54) is 38.4 Å². The summed E-state index contributed by atoms with van der Waals surface area (Å²) >= 11 is 0. The lowest BCUT2D eigenvalue weighted by Crippen LogP contribution is -2.38. The van der Waals surface area contributed by atoms with Gasteiger partial charge in [-0.25, -0.2) is 4.79 Å². The molecule has 0 radical (unpaired) electrons. The first kappa shape index (κ1) is 15.2. The molecule has 0 spiro atoms. The summed E-state index contributed by atoms with van der Waals surface area (Å²) in [5.74, 6) is -0.526. The normalized spacial score (nSPS) is 11.0. The molecule has 0 amide bonds. The lowest BCUT2D eigenvalue weighted by molar-refractivity contribution is -0.384. The molecule has 1 heterocycles. The van der Waals surface area contributed by atoms with Crippen LogP contribution in [0, 0.1) is 10.1 Å². The van der Waals surface area contributed by atoms with Crippen molar-refractivity contribution in [3.05, 3.63) is 60.8 Å². The van der Waals surface area contributed by atoms with Gasteiger partial charge in [0, 0.05) is 32.4 Å². The Morgan fingerprint density at radius 3 is 2.59 bits per heavy atom. The van der Waals surface area contributed by atoms with Crippen molar-refractivity contribution in [3.63, 3.8) is 0 Å². The van der Waals surface area contributed by atoms with E-state index in [4.69, 9.17) is 0 Å². The highest BCUT2D eigenvalue weighted by molar-refractivity contribution is 5.84. The lowest BCUT2D eigenvalue weighted by atomic mass is 10.3. The predicted octanol–water partition coefficient (Wildman–Crippen LogP) is 0.448. The molecule has 9 heteroatoms. The number of aliphatic imine (C=N–C) groups is 1. The second-order valence-corrected chi connectivity index (χ2v) is 4.48. The Hall–Kier alpha value is -3.23. The van der Waals surface area contributed by atoms with Crippen LogP contribution in [0.3, 0.4) is 0 Å². The van der Waals surface area contributed by atoms with Crippen LogP contribution in [0.5, 0.6) is 5.88 Å². The minimum absolute atomic E-state index is 0.146. The van der Waals surface area contributed by atoms with Gasteiger partial charge in [0.05, 0.1) is 10.6 Å². The van der Waals surface area contributed by atoms with Crippen LogP contribution in [-0.2, 0) is 14.1 Å². The minimum atomic E-state index is -0.713. The first-order chi connectivity index (χ1) is 10.3. The molecule has 0 saturated carbocycles. The zero-order chi connectivity index (χ0) is 16.4. The van der Waals surface area contributed by atoms with E-state index in [2.05, 4.69) is 4.99 Å². The second-order valence-electron chi connectivity index (χ2n) is 4.48. The number of non-ortho nitro benzene ring substituents is 1. The highest BCUT2D eigenvalue weighted by Crippen LogP contribution is 2.19. The maximum atomic E-state index is 11.9. The third kappa shape index (κ3) is 2.64. The number of aromatic hydroxyl groups is 1. The van der Waals surface area contributed by atoms with Gasteiger partial charge in [0.15, 0.2) is 0 Å². The average Bonchev–Trinajstić information content (AvgIpc) is 2.51. The molecule has 1 aromatic heterocycles. The number of aromatic nitrogens is 2. The van der Waals surface area contributed by atoms with Gasteiger partial charge in [-0.2, -0.15) is 0 Å². The van der Waals surface area contributed by atoms with Crippen LogP contribution >= 0.6 is 0 Å². The molecular weight excluding hydrogens is 292 g/mol. The van der Waals surface area contributed by atoms with Gasteiger partial charge in [-0.15, -0.1) is 0 Å². The number of nitro groups is 1. The van der Waals surface area contributed by atoms with E-state index in [0.29, 0.717) is 0 Å². The van der Waals surface area contributed by atoms with Gasteiger partial charge in [-0.1, -0.05) is 6.07 Å². The fourth-order valence-electron chi connectivity index (χ4n) is 1.80. The van der Waals surface area contributed by atoms with Gasteiger partial charge in [0.25, 0.3) is 11.2 Å². The van der Waals surface area contributed by atoms with Gasteiger partial charge in [0.1, 0.15) is 5.56 Å². The van der Waals surface area contributed by atoms with Crippen molar-refractivity contribution in [3.8, 4) is 5.88 Å².